The van der Waals surface area contributed by atoms with Gasteiger partial charge < -0.3 is 10.1 Å². The fraction of sp³-hybridized carbons (Fsp3) is 0.125. The molecule has 0 aliphatic rings. The molecular weight excluding hydrogens is 269 g/mol. The maximum absolute atomic E-state index is 13.6. The first kappa shape index (κ1) is 13.3. The zero-order valence-corrected chi connectivity index (χ0v) is 11.5. The third-order valence-electron chi connectivity index (χ3n) is 3.12. The van der Waals surface area contributed by atoms with Crippen LogP contribution in [0.25, 0.3) is 11.0 Å². The van der Waals surface area contributed by atoms with Gasteiger partial charge in [-0.25, -0.2) is 9.37 Å². The highest BCUT2D eigenvalue weighted by molar-refractivity contribution is 5.73. The van der Waals surface area contributed by atoms with Crippen LogP contribution in [0, 0.1) is 5.82 Å². The summed E-state index contributed by atoms with van der Waals surface area (Å²) in [5.74, 6) is -0.168. The molecule has 0 spiro atoms. The van der Waals surface area contributed by atoms with Gasteiger partial charge in [0.1, 0.15) is 0 Å². The van der Waals surface area contributed by atoms with Crippen LogP contribution in [0.15, 0.2) is 48.7 Å². The van der Waals surface area contributed by atoms with E-state index in [4.69, 9.17) is 4.74 Å². The zero-order valence-electron chi connectivity index (χ0n) is 11.5. The summed E-state index contributed by atoms with van der Waals surface area (Å²) < 4.78 is 18.5. The van der Waals surface area contributed by atoms with Gasteiger partial charge >= 0.3 is 0 Å². The second-order valence-corrected chi connectivity index (χ2v) is 4.55. The van der Waals surface area contributed by atoms with Gasteiger partial charge in [-0.15, -0.1) is 0 Å². The molecule has 1 aromatic heterocycles. The van der Waals surface area contributed by atoms with E-state index in [2.05, 4.69) is 15.3 Å². The van der Waals surface area contributed by atoms with Crippen molar-refractivity contribution >= 4 is 16.7 Å². The van der Waals surface area contributed by atoms with Crippen molar-refractivity contribution in [2.24, 2.45) is 0 Å². The number of anilines is 1. The number of methoxy groups -OCH3 is 1. The van der Waals surface area contributed by atoms with E-state index in [1.54, 1.807) is 18.3 Å². The second-order valence-electron chi connectivity index (χ2n) is 4.55. The minimum absolute atomic E-state index is 0.228. The molecule has 0 atom stereocenters. The van der Waals surface area contributed by atoms with Crippen LogP contribution in [-0.4, -0.2) is 17.1 Å². The van der Waals surface area contributed by atoms with E-state index in [-0.39, 0.29) is 5.75 Å². The van der Waals surface area contributed by atoms with E-state index in [1.807, 2.05) is 24.3 Å². The van der Waals surface area contributed by atoms with Crippen LogP contribution in [0.2, 0.25) is 0 Å². The number of hydrogen-bond acceptors (Lipinski definition) is 4. The lowest BCUT2D eigenvalue weighted by molar-refractivity contribution is 0.386. The number of benzene rings is 2. The Labute approximate surface area is 121 Å². The van der Waals surface area contributed by atoms with Crippen molar-refractivity contribution < 1.29 is 9.13 Å². The fourth-order valence-electron chi connectivity index (χ4n) is 2.05. The smallest absolute Gasteiger partial charge is 0.167 e. The van der Waals surface area contributed by atoms with Crippen LogP contribution in [0.4, 0.5) is 10.1 Å². The lowest BCUT2D eigenvalue weighted by atomic mass is 10.2. The topological polar surface area (TPSA) is 47.0 Å². The minimum Gasteiger partial charge on any atom is -0.494 e. The Morgan fingerprint density at radius 1 is 1.14 bits per heavy atom. The highest BCUT2D eigenvalue weighted by atomic mass is 19.1. The lowest BCUT2D eigenvalue weighted by Gasteiger charge is -2.08. The molecule has 0 amide bonds. The number of rotatable bonds is 4. The summed E-state index contributed by atoms with van der Waals surface area (Å²) in [5.41, 5.74) is 3.17. The van der Waals surface area contributed by atoms with Gasteiger partial charge in [0.05, 0.1) is 36.6 Å². The largest absolute Gasteiger partial charge is 0.494 e. The van der Waals surface area contributed by atoms with Gasteiger partial charge in [-0.2, -0.15) is 0 Å². The molecule has 21 heavy (non-hydrogen) atoms. The summed E-state index contributed by atoms with van der Waals surface area (Å²) >= 11 is 0. The second kappa shape index (κ2) is 5.75. The van der Waals surface area contributed by atoms with Crippen LogP contribution in [0.3, 0.4) is 0 Å². The average Bonchev–Trinajstić information content (AvgIpc) is 2.53. The molecule has 0 saturated carbocycles. The molecule has 1 N–H and O–H groups in total. The van der Waals surface area contributed by atoms with E-state index in [0.29, 0.717) is 12.2 Å². The summed E-state index contributed by atoms with van der Waals surface area (Å²) in [4.78, 5) is 8.84. The van der Waals surface area contributed by atoms with Gasteiger partial charge in [-0.3, -0.25) is 4.98 Å². The molecule has 3 rings (SSSR count). The van der Waals surface area contributed by atoms with Crippen LogP contribution in [0.1, 0.15) is 5.69 Å². The van der Waals surface area contributed by atoms with Gasteiger partial charge in [0.15, 0.2) is 11.6 Å². The van der Waals surface area contributed by atoms with Crippen molar-refractivity contribution in [3.8, 4) is 5.75 Å². The van der Waals surface area contributed by atoms with Crippen molar-refractivity contribution in [1.29, 1.82) is 0 Å². The monoisotopic (exact) mass is 283 g/mol. The fourth-order valence-corrected chi connectivity index (χ4v) is 2.05. The summed E-state index contributed by atoms with van der Waals surface area (Å²) in [6, 6.07) is 12.4. The number of hydrogen-bond donors (Lipinski definition) is 1. The molecule has 106 valence electrons. The number of halogens is 1. The minimum atomic E-state index is -0.396. The number of nitrogens with one attached hydrogen (secondary N) is 1. The molecule has 0 radical (unpaired) electrons. The summed E-state index contributed by atoms with van der Waals surface area (Å²) in [5, 5.41) is 3.12. The van der Waals surface area contributed by atoms with Gasteiger partial charge in [0.2, 0.25) is 0 Å². The van der Waals surface area contributed by atoms with Crippen LogP contribution < -0.4 is 10.1 Å². The van der Waals surface area contributed by atoms with E-state index in [1.165, 1.54) is 13.2 Å². The zero-order chi connectivity index (χ0) is 14.7. The lowest BCUT2D eigenvalue weighted by Crippen LogP contribution is -2.03. The third kappa shape index (κ3) is 2.91. The van der Waals surface area contributed by atoms with E-state index in [9.17, 15) is 4.39 Å². The van der Waals surface area contributed by atoms with Crippen molar-refractivity contribution in [2.75, 3.05) is 12.4 Å². The highest BCUT2D eigenvalue weighted by Gasteiger charge is 2.04. The Morgan fingerprint density at radius 3 is 2.71 bits per heavy atom. The molecule has 0 aliphatic heterocycles. The normalized spacial score (nSPS) is 10.6. The van der Waals surface area contributed by atoms with Gasteiger partial charge in [0.25, 0.3) is 0 Å². The number of ether oxygens (including phenoxy) is 1. The van der Waals surface area contributed by atoms with Crippen molar-refractivity contribution in [3.63, 3.8) is 0 Å². The molecule has 3 aromatic rings. The molecule has 0 bridgehead atoms. The van der Waals surface area contributed by atoms with Crippen molar-refractivity contribution in [3.05, 3.63) is 60.2 Å². The van der Waals surface area contributed by atoms with Crippen molar-refractivity contribution in [1.82, 2.24) is 9.97 Å². The molecule has 1 heterocycles. The average molecular weight is 283 g/mol. The van der Waals surface area contributed by atoms with Crippen LogP contribution in [0.5, 0.6) is 5.75 Å². The standard InChI is InChI=1S/C16H14FN3O/c1-21-16-7-6-11(8-13(16)17)18-9-12-10-19-14-4-2-3-5-15(14)20-12/h2-8,10,18H,9H2,1H3. The molecule has 0 saturated heterocycles. The Hall–Kier alpha value is -2.69. The van der Waals surface area contributed by atoms with Crippen LogP contribution >= 0.6 is 0 Å². The summed E-state index contributed by atoms with van der Waals surface area (Å²) in [6.45, 7) is 0.476. The molecule has 4 nitrogen and oxygen atoms in total. The highest BCUT2D eigenvalue weighted by Crippen LogP contribution is 2.21. The van der Waals surface area contributed by atoms with Crippen LogP contribution in [-0.2, 0) is 6.54 Å². The number of aromatic nitrogens is 2. The maximum atomic E-state index is 13.6. The predicted molar refractivity (Wildman–Crippen MR) is 79.8 cm³/mol. The van der Waals surface area contributed by atoms with E-state index < -0.39 is 5.82 Å². The third-order valence-corrected chi connectivity index (χ3v) is 3.12. The van der Waals surface area contributed by atoms with Gasteiger partial charge in [-0.05, 0) is 24.3 Å². The van der Waals surface area contributed by atoms with Crippen molar-refractivity contribution in [2.45, 2.75) is 6.54 Å². The Bertz CT molecular complexity index is 776. The quantitative estimate of drug-likeness (QED) is 0.797. The number of nitrogens with zero attached hydrogens (tertiary/aromatic N) is 2. The molecule has 2 aromatic carbocycles. The number of fused-ring (bicyclic) bond motifs is 1. The first-order chi connectivity index (χ1) is 10.3. The Morgan fingerprint density at radius 2 is 1.95 bits per heavy atom. The van der Waals surface area contributed by atoms with Gasteiger partial charge in [-0.1, -0.05) is 12.1 Å². The molecule has 0 fully saturated rings. The molecule has 0 unspecified atom stereocenters. The SMILES string of the molecule is COc1ccc(NCc2cnc3ccccc3n2)cc1F. The Kier molecular flexibility index (Phi) is 3.64. The maximum Gasteiger partial charge on any atom is 0.167 e. The first-order valence-corrected chi connectivity index (χ1v) is 6.54. The van der Waals surface area contributed by atoms with E-state index >= 15 is 0 Å². The first-order valence-electron chi connectivity index (χ1n) is 6.54. The molecule has 0 aliphatic carbocycles. The Balaban J connectivity index is 1.75. The summed E-state index contributed by atoms with van der Waals surface area (Å²) in [6.07, 6.45) is 1.72. The van der Waals surface area contributed by atoms with Gasteiger partial charge in [0, 0.05) is 11.8 Å². The molecule has 5 heteroatoms. The van der Waals surface area contributed by atoms with E-state index in [0.717, 1.165) is 16.7 Å². The summed E-state index contributed by atoms with van der Waals surface area (Å²) in [7, 11) is 1.44. The number of para-hydroxylation sites is 2. The molecular formula is C16H14FN3O. The predicted octanol–water partition coefficient (Wildman–Crippen LogP) is 3.39.